The average Bonchev–Trinajstić information content (AvgIpc) is 3.15. The smallest absolute Gasteiger partial charge is 0.230 e. The molecule has 0 unspecified atom stereocenters. The number of benzene rings is 1. The molecule has 1 aliphatic carbocycles. The number of amides is 1. The highest BCUT2D eigenvalue weighted by Gasteiger charge is 2.32. The Morgan fingerprint density at radius 3 is 2.96 bits per heavy atom. The number of nitrogens with zero attached hydrogens (tertiary/aromatic N) is 4. The fourth-order valence-electron chi connectivity index (χ4n) is 4.01. The van der Waals surface area contributed by atoms with Crippen molar-refractivity contribution in [2.75, 3.05) is 13.1 Å². The van der Waals surface area contributed by atoms with E-state index < -0.39 is 0 Å². The van der Waals surface area contributed by atoms with Crippen LogP contribution in [-0.4, -0.2) is 38.7 Å². The van der Waals surface area contributed by atoms with Crippen LogP contribution in [0.3, 0.4) is 0 Å². The van der Waals surface area contributed by atoms with Crippen LogP contribution < -0.4 is 0 Å². The predicted molar refractivity (Wildman–Crippen MR) is 87.0 cm³/mol. The molecule has 0 bridgehead atoms. The Balaban J connectivity index is 1.53. The number of carbonyl (C=O) groups excluding carboxylic acids is 1. The van der Waals surface area contributed by atoms with Crippen molar-refractivity contribution in [3.63, 3.8) is 0 Å². The maximum Gasteiger partial charge on any atom is 0.230 e. The first-order chi connectivity index (χ1) is 11.3. The van der Waals surface area contributed by atoms with Gasteiger partial charge in [0.1, 0.15) is 12.7 Å². The fourth-order valence-corrected chi connectivity index (χ4v) is 4.01. The van der Waals surface area contributed by atoms with Gasteiger partial charge < -0.3 is 4.90 Å². The molecule has 2 aromatic rings. The minimum absolute atomic E-state index is 0.0365. The minimum Gasteiger partial charge on any atom is -0.340 e. The van der Waals surface area contributed by atoms with E-state index in [2.05, 4.69) is 34.3 Å². The molecule has 1 amide bonds. The quantitative estimate of drug-likeness (QED) is 0.856. The van der Waals surface area contributed by atoms with Gasteiger partial charge in [-0.05, 0) is 43.2 Å². The van der Waals surface area contributed by atoms with Gasteiger partial charge in [0.05, 0.1) is 12.0 Å². The molecule has 0 N–H and O–H groups in total. The Kier molecular flexibility index (Phi) is 3.85. The van der Waals surface area contributed by atoms with Crippen molar-refractivity contribution >= 4 is 5.91 Å². The summed E-state index contributed by atoms with van der Waals surface area (Å²) in [5, 5.41) is 4.25. The van der Waals surface area contributed by atoms with Crippen LogP contribution in [0.25, 0.3) is 0 Å². The summed E-state index contributed by atoms with van der Waals surface area (Å²) < 4.78 is 1.90. The molecule has 4 rings (SSSR count). The van der Waals surface area contributed by atoms with Gasteiger partial charge >= 0.3 is 0 Å². The molecule has 23 heavy (non-hydrogen) atoms. The summed E-state index contributed by atoms with van der Waals surface area (Å²) >= 11 is 0. The van der Waals surface area contributed by atoms with Gasteiger partial charge in [0.2, 0.25) is 5.91 Å². The van der Waals surface area contributed by atoms with Crippen molar-refractivity contribution in [2.45, 2.75) is 44.1 Å². The monoisotopic (exact) mass is 310 g/mol. The molecular weight excluding hydrogens is 288 g/mol. The van der Waals surface area contributed by atoms with Gasteiger partial charge in [-0.25, -0.2) is 9.67 Å². The number of likely N-dealkylation sites (tertiary alicyclic amines) is 1. The van der Waals surface area contributed by atoms with Gasteiger partial charge in [-0.1, -0.05) is 24.3 Å². The largest absolute Gasteiger partial charge is 0.340 e. The molecule has 1 saturated heterocycles. The molecule has 1 aromatic heterocycles. The Hall–Kier alpha value is -2.17. The van der Waals surface area contributed by atoms with E-state index in [9.17, 15) is 4.79 Å². The third-order valence-electron chi connectivity index (χ3n) is 5.19. The molecule has 1 aliphatic heterocycles. The zero-order chi connectivity index (χ0) is 15.6. The molecule has 0 spiro atoms. The van der Waals surface area contributed by atoms with Gasteiger partial charge in [-0.2, -0.15) is 5.10 Å². The van der Waals surface area contributed by atoms with Crippen LogP contribution in [0, 0.1) is 0 Å². The topological polar surface area (TPSA) is 51.0 Å². The fraction of sp³-hybridized carbons (Fsp3) is 0.500. The predicted octanol–water partition coefficient (Wildman–Crippen LogP) is 2.56. The highest BCUT2D eigenvalue weighted by Crippen LogP contribution is 2.34. The number of hydrogen-bond acceptors (Lipinski definition) is 3. The second-order valence-electron chi connectivity index (χ2n) is 6.60. The molecule has 2 heterocycles. The van der Waals surface area contributed by atoms with E-state index in [4.69, 9.17) is 0 Å². The van der Waals surface area contributed by atoms with Crippen molar-refractivity contribution in [2.24, 2.45) is 0 Å². The van der Waals surface area contributed by atoms with Crippen molar-refractivity contribution in [3.8, 4) is 0 Å². The van der Waals surface area contributed by atoms with E-state index >= 15 is 0 Å². The maximum absolute atomic E-state index is 13.1. The third kappa shape index (κ3) is 2.76. The Morgan fingerprint density at radius 1 is 1.17 bits per heavy atom. The number of rotatable bonds is 2. The molecule has 1 fully saturated rings. The number of carbonyl (C=O) groups is 1. The summed E-state index contributed by atoms with van der Waals surface area (Å²) in [6.45, 7) is 1.61. The van der Waals surface area contributed by atoms with Crippen LogP contribution in [0.2, 0.25) is 0 Å². The van der Waals surface area contributed by atoms with Crippen LogP contribution in [-0.2, 0) is 11.2 Å². The van der Waals surface area contributed by atoms with E-state index in [0.717, 1.165) is 45.2 Å². The summed E-state index contributed by atoms with van der Waals surface area (Å²) in [4.78, 5) is 19.2. The van der Waals surface area contributed by atoms with Crippen LogP contribution >= 0.6 is 0 Å². The number of aryl methyl sites for hydroxylation is 1. The van der Waals surface area contributed by atoms with Crippen LogP contribution in [0.1, 0.15) is 48.8 Å². The Morgan fingerprint density at radius 2 is 2.09 bits per heavy atom. The summed E-state index contributed by atoms with van der Waals surface area (Å²) in [7, 11) is 0. The van der Waals surface area contributed by atoms with Crippen molar-refractivity contribution < 1.29 is 4.79 Å². The standard InChI is InChI=1S/C18H22N4O/c23-18(17-9-3-6-14-5-1-2-8-16(14)17)21-10-4-7-15(11-21)22-13-19-12-20-22/h1-2,5,8,12-13,15,17H,3-4,6-7,9-11H2/t15-,17+/m0/s1. The van der Waals surface area contributed by atoms with E-state index in [-0.39, 0.29) is 12.0 Å². The lowest BCUT2D eigenvalue weighted by Gasteiger charge is -2.36. The number of piperidine rings is 1. The van der Waals surface area contributed by atoms with Crippen molar-refractivity contribution in [3.05, 3.63) is 48.0 Å². The van der Waals surface area contributed by atoms with Crippen molar-refractivity contribution in [1.82, 2.24) is 19.7 Å². The molecule has 5 nitrogen and oxygen atoms in total. The number of hydrogen-bond donors (Lipinski definition) is 0. The molecular formula is C18H22N4O. The molecule has 5 heteroatoms. The summed E-state index contributed by atoms with van der Waals surface area (Å²) in [6.07, 6.45) is 8.60. The van der Waals surface area contributed by atoms with Gasteiger partial charge in [-0.15, -0.1) is 0 Å². The van der Waals surface area contributed by atoms with E-state index in [1.165, 1.54) is 11.1 Å². The van der Waals surface area contributed by atoms with E-state index in [1.807, 2.05) is 9.58 Å². The minimum atomic E-state index is 0.0365. The summed E-state index contributed by atoms with van der Waals surface area (Å²) in [5.41, 5.74) is 2.59. The Labute approximate surface area is 136 Å². The summed E-state index contributed by atoms with van der Waals surface area (Å²) in [6, 6.07) is 8.69. The lowest BCUT2D eigenvalue weighted by atomic mass is 9.82. The lowest BCUT2D eigenvalue weighted by molar-refractivity contribution is -0.134. The highest BCUT2D eigenvalue weighted by molar-refractivity contribution is 5.84. The zero-order valence-electron chi connectivity index (χ0n) is 13.3. The normalized spacial score (nSPS) is 24.3. The second-order valence-corrected chi connectivity index (χ2v) is 6.60. The second kappa shape index (κ2) is 6.14. The van der Waals surface area contributed by atoms with Gasteiger partial charge in [0, 0.05) is 13.1 Å². The molecule has 2 atom stereocenters. The van der Waals surface area contributed by atoms with E-state index in [0.29, 0.717) is 5.91 Å². The SMILES string of the molecule is O=C([C@@H]1CCCc2ccccc21)N1CCC[C@H](n2cncn2)C1. The van der Waals surface area contributed by atoms with E-state index in [1.54, 1.807) is 12.7 Å². The molecule has 120 valence electrons. The van der Waals surface area contributed by atoms with Gasteiger partial charge in [0.25, 0.3) is 0 Å². The maximum atomic E-state index is 13.1. The van der Waals surface area contributed by atoms with Gasteiger partial charge in [0.15, 0.2) is 0 Å². The van der Waals surface area contributed by atoms with Crippen LogP contribution in [0.15, 0.2) is 36.9 Å². The molecule has 1 aromatic carbocycles. The van der Waals surface area contributed by atoms with Gasteiger partial charge in [-0.3, -0.25) is 4.79 Å². The molecule has 0 radical (unpaired) electrons. The molecule has 2 aliphatic rings. The van der Waals surface area contributed by atoms with Crippen LogP contribution in [0.5, 0.6) is 0 Å². The number of fused-ring (bicyclic) bond motifs is 1. The van der Waals surface area contributed by atoms with Crippen LogP contribution in [0.4, 0.5) is 0 Å². The average molecular weight is 310 g/mol. The molecule has 0 saturated carbocycles. The number of aromatic nitrogens is 3. The first-order valence-corrected chi connectivity index (χ1v) is 8.53. The Bertz CT molecular complexity index is 682. The van der Waals surface area contributed by atoms with Crippen molar-refractivity contribution in [1.29, 1.82) is 0 Å². The lowest BCUT2D eigenvalue weighted by Crippen LogP contribution is -2.43. The zero-order valence-corrected chi connectivity index (χ0v) is 13.3. The first-order valence-electron chi connectivity index (χ1n) is 8.53. The third-order valence-corrected chi connectivity index (χ3v) is 5.19. The first kappa shape index (κ1) is 14.4. The summed E-state index contributed by atoms with van der Waals surface area (Å²) in [5.74, 6) is 0.330. The highest BCUT2D eigenvalue weighted by atomic mass is 16.2.